The first kappa shape index (κ1) is 16.9. The van der Waals surface area contributed by atoms with Crippen LogP contribution < -0.4 is 5.32 Å². The largest absolute Gasteiger partial charge is 0.480 e. The lowest BCUT2D eigenvalue weighted by atomic mass is 10.1. The number of hydrogen-bond donors (Lipinski definition) is 2. The molecule has 0 saturated heterocycles. The maximum Gasteiger partial charge on any atom is 0.326 e. The molecule has 114 valence electrons. The van der Waals surface area contributed by atoms with Gasteiger partial charge in [-0.05, 0) is 25.8 Å². The number of carboxylic acids is 1. The van der Waals surface area contributed by atoms with Crippen LogP contribution in [-0.2, 0) is 20.9 Å². The van der Waals surface area contributed by atoms with Crippen molar-refractivity contribution >= 4 is 11.9 Å². The number of carboxylic acid groups (broad SMARTS) is 1. The first-order valence-corrected chi connectivity index (χ1v) is 6.76. The number of carbonyl (C=O) groups excluding carboxylic acids is 1. The SMILES string of the molecule is CC(C)=CC[C@H](NC(=O)COCc1ccccc1)C(=O)O. The molecule has 0 unspecified atom stereocenters. The minimum Gasteiger partial charge on any atom is -0.480 e. The predicted molar refractivity (Wildman–Crippen MR) is 79.7 cm³/mol. The Kier molecular flexibility index (Phi) is 7.18. The molecule has 0 aromatic heterocycles. The maximum absolute atomic E-state index is 11.7. The van der Waals surface area contributed by atoms with Crippen molar-refractivity contribution in [3.05, 3.63) is 47.5 Å². The average molecular weight is 291 g/mol. The normalized spacial score (nSPS) is 11.5. The summed E-state index contributed by atoms with van der Waals surface area (Å²) in [6.07, 6.45) is 2.05. The highest BCUT2D eigenvalue weighted by atomic mass is 16.5. The number of allylic oxidation sites excluding steroid dienone is 1. The molecule has 2 N–H and O–H groups in total. The van der Waals surface area contributed by atoms with Crippen molar-refractivity contribution in [3.63, 3.8) is 0 Å². The van der Waals surface area contributed by atoms with Crippen LogP contribution in [0, 0.1) is 0 Å². The van der Waals surface area contributed by atoms with Gasteiger partial charge < -0.3 is 15.2 Å². The van der Waals surface area contributed by atoms with E-state index in [0.717, 1.165) is 11.1 Å². The Morgan fingerprint density at radius 2 is 1.95 bits per heavy atom. The third-order valence-electron chi connectivity index (χ3n) is 2.74. The van der Waals surface area contributed by atoms with Gasteiger partial charge in [-0.15, -0.1) is 0 Å². The van der Waals surface area contributed by atoms with E-state index >= 15 is 0 Å². The zero-order chi connectivity index (χ0) is 15.7. The van der Waals surface area contributed by atoms with E-state index < -0.39 is 17.9 Å². The van der Waals surface area contributed by atoms with Gasteiger partial charge in [0.1, 0.15) is 12.6 Å². The molecular weight excluding hydrogens is 270 g/mol. The first-order chi connectivity index (χ1) is 9.99. The number of ether oxygens (including phenoxy) is 1. The average Bonchev–Trinajstić information content (AvgIpc) is 2.44. The molecule has 0 radical (unpaired) electrons. The van der Waals surface area contributed by atoms with Crippen LogP contribution in [0.5, 0.6) is 0 Å². The summed E-state index contributed by atoms with van der Waals surface area (Å²) in [6, 6.07) is 8.54. The number of nitrogens with one attached hydrogen (secondary N) is 1. The van der Waals surface area contributed by atoms with E-state index in [1.807, 2.05) is 44.2 Å². The van der Waals surface area contributed by atoms with Crippen molar-refractivity contribution in [2.75, 3.05) is 6.61 Å². The van der Waals surface area contributed by atoms with Gasteiger partial charge in [-0.2, -0.15) is 0 Å². The summed E-state index contributed by atoms with van der Waals surface area (Å²) in [5.41, 5.74) is 1.97. The van der Waals surface area contributed by atoms with Crippen molar-refractivity contribution in [2.45, 2.75) is 32.9 Å². The summed E-state index contributed by atoms with van der Waals surface area (Å²) in [5.74, 6) is -1.48. The molecule has 1 atom stereocenters. The maximum atomic E-state index is 11.7. The lowest BCUT2D eigenvalue weighted by Gasteiger charge is -2.13. The molecule has 0 fully saturated rings. The summed E-state index contributed by atoms with van der Waals surface area (Å²) < 4.78 is 5.27. The lowest BCUT2D eigenvalue weighted by molar-refractivity contribution is -0.142. The fraction of sp³-hybridized carbons (Fsp3) is 0.375. The Hall–Kier alpha value is -2.14. The van der Waals surface area contributed by atoms with Crippen molar-refractivity contribution in [1.29, 1.82) is 0 Å². The predicted octanol–water partition coefficient (Wildman–Crippen LogP) is 2.13. The van der Waals surface area contributed by atoms with Crippen molar-refractivity contribution in [3.8, 4) is 0 Å². The van der Waals surface area contributed by atoms with E-state index in [4.69, 9.17) is 9.84 Å². The highest BCUT2D eigenvalue weighted by Crippen LogP contribution is 2.01. The number of amides is 1. The number of carbonyl (C=O) groups is 2. The summed E-state index contributed by atoms with van der Waals surface area (Å²) >= 11 is 0. The molecule has 0 aliphatic carbocycles. The third kappa shape index (κ3) is 7.27. The molecule has 1 amide bonds. The Balaban J connectivity index is 2.36. The minimum absolute atomic E-state index is 0.159. The van der Waals surface area contributed by atoms with E-state index in [-0.39, 0.29) is 13.0 Å². The molecule has 5 nitrogen and oxygen atoms in total. The molecule has 1 aromatic carbocycles. The Labute approximate surface area is 124 Å². The molecule has 0 bridgehead atoms. The fourth-order valence-electron chi connectivity index (χ4n) is 1.65. The van der Waals surface area contributed by atoms with E-state index in [1.165, 1.54) is 0 Å². The second-order valence-electron chi connectivity index (χ2n) is 4.95. The number of aliphatic carboxylic acids is 1. The highest BCUT2D eigenvalue weighted by Gasteiger charge is 2.18. The van der Waals surface area contributed by atoms with Crippen molar-refractivity contribution < 1.29 is 19.4 Å². The molecule has 1 aromatic rings. The summed E-state index contributed by atoms with van der Waals surface area (Å²) in [6.45, 7) is 3.92. The molecule has 0 saturated carbocycles. The van der Waals surface area contributed by atoms with Crippen LogP contribution in [0.1, 0.15) is 25.8 Å². The monoisotopic (exact) mass is 291 g/mol. The zero-order valence-electron chi connectivity index (χ0n) is 12.3. The van der Waals surface area contributed by atoms with Gasteiger partial charge >= 0.3 is 5.97 Å². The van der Waals surface area contributed by atoms with Crippen LogP contribution in [0.2, 0.25) is 0 Å². The molecule has 0 spiro atoms. The van der Waals surface area contributed by atoms with E-state index in [0.29, 0.717) is 6.61 Å². The van der Waals surface area contributed by atoms with Crippen LogP contribution >= 0.6 is 0 Å². The quantitative estimate of drug-likeness (QED) is 0.719. The zero-order valence-corrected chi connectivity index (χ0v) is 12.3. The summed E-state index contributed by atoms with van der Waals surface area (Å²) in [4.78, 5) is 22.7. The van der Waals surface area contributed by atoms with E-state index in [2.05, 4.69) is 5.32 Å². The van der Waals surface area contributed by atoms with Crippen molar-refractivity contribution in [2.24, 2.45) is 0 Å². The molecule has 0 aliphatic heterocycles. The number of rotatable bonds is 8. The highest BCUT2D eigenvalue weighted by molar-refractivity contribution is 5.84. The van der Waals surface area contributed by atoms with Crippen LogP contribution in [0.25, 0.3) is 0 Å². The summed E-state index contributed by atoms with van der Waals surface area (Å²) in [5, 5.41) is 11.5. The van der Waals surface area contributed by atoms with Crippen LogP contribution in [0.4, 0.5) is 0 Å². The molecule has 0 heterocycles. The second-order valence-corrected chi connectivity index (χ2v) is 4.95. The minimum atomic E-state index is -1.05. The van der Waals surface area contributed by atoms with Gasteiger partial charge in [0.05, 0.1) is 6.61 Å². The standard InChI is InChI=1S/C16H21NO4/c1-12(2)8-9-14(16(19)20)17-15(18)11-21-10-13-6-4-3-5-7-13/h3-8,14H,9-11H2,1-2H3,(H,17,18)(H,19,20)/t14-/m0/s1. The Morgan fingerprint density at radius 1 is 1.29 bits per heavy atom. The van der Waals surface area contributed by atoms with Gasteiger partial charge in [-0.25, -0.2) is 4.79 Å². The van der Waals surface area contributed by atoms with Crippen molar-refractivity contribution in [1.82, 2.24) is 5.32 Å². The number of hydrogen-bond acceptors (Lipinski definition) is 3. The topological polar surface area (TPSA) is 75.6 Å². The van der Waals surface area contributed by atoms with Crippen LogP contribution in [-0.4, -0.2) is 29.6 Å². The third-order valence-corrected chi connectivity index (χ3v) is 2.74. The Morgan fingerprint density at radius 3 is 2.52 bits per heavy atom. The molecule has 5 heteroatoms. The first-order valence-electron chi connectivity index (χ1n) is 6.76. The van der Waals surface area contributed by atoms with Gasteiger partial charge in [0.15, 0.2) is 0 Å². The van der Waals surface area contributed by atoms with Gasteiger partial charge in [-0.1, -0.05) is 42.0 Å². The number of benzene rings is 1. The van der Waals surface area contributed by atoms with E-state index in [9.17, 15) is 9.59 Å². The molecule has 1 rings (SSSR count). The van der Waals surface area contributed by atoms with Crippen LogP contribution in [0.3, 0.4) is 0 Å². The van der Waals surface area contributed by atoms with Gasteiger partial charge in [0, 0.05) is 0 Å². The van der Waals surface area contributed by atoms with Gasteiger partial charge in [0.25, 0.3) is 0 Å². The molecular formula is C16H21NO4. The van der Waals surface area contributed by atoms with Gasteiger partial charge in [0.2, 0.25) is 5.91 Å². The summed E-state index contributed by atoms with van der Waals surface area (Å²) in [7, 11) is 0. The Bertz CT molecular complexity index is 492. The molecule has 0 aliphatic rings. The van der Waals surface area contributed by atoms with Gasteiger partial charge in [-0.3, -0.25) is 4.79 Å². The van der Waals surface area contributed by atoms with Crippen LogP contribution in [0.15, 0.2) is 42.0 Å². The lowest BCUT2D eigenvalue weighted by Crippen LogP contribution is -2.42. The smallest absolute Gasteiger partial charge is 0.326 e. The fourth-order valence-corrected chi connectivity index (χ4v) is 1.65. The second kappa shape index (κ2) is 8.92. The molecule has 21 heavy (non-hydrogen) atoms. The van der Waals surface area contributed by atoms with E-state index in [1.54, 1.807) is 6.08 Å².